The Balaban J connectivity index is 1.86. The fourth-order valence-electron chi connectivity index (χ4n) is 3.20. The van der Waals surface area contributed by atoms with E-state index in [2.05, 4.69) is 9.84 Å². The number of benzene rings is 2. The molecule has 13 heteroatoms. The number of aromatic nitrogens is 2. The zero-order chi connectivity index (χ0) is 24.6. The minimum absolute atomic E-state index is 0.0127. The third-order valence-corrected chi connectivity index (χ3v) is 7.28. The van der Waals surface area contributed by atoms with Crippen molar-refractivity contribution in [1.82, 2.24) is 15.3 Å². The standard InChI is InChI=1S/C20H19F4N3O5S/c1-19(18(28)26-29,33(2,30)31)7-8-27-11-13-9-12(3-6-17(13)25-27)15-5-4-14(10-16(15)21)32-20(22,23)24/h3-6,9-11,29H,7-8H2,1-2H3,(H,26,28)/t19-/m1/s1. The normalized spacial score (nSPS) is 14.2. The second kappa shape index (κ2) is 8.63. The largest absolute Gasteiger partial charge is 0.573 e. The first-order chi connectivity index (χ1) is 15.2. The lowest BCUT2D eigenvalue weighted by molar-refractivity contribution is -0.274. The van der Waals surface area contributed by atoms with Crippen LogP contribution >= 0.6 is 0 Å². The van der Waals surface area contributed by atoms with Crippen molar-refractivity contribution in [1.29, 1.82) is 0 Å². The van der Waals surface area contributed by atoms with Gasteiger partial charge in [0.2, 0.25) is 0 Å². The van der Waals surface area contributed by atoms with Gasteiger partial charge in [0.15, 0.2) is 14.6 Å². The van der Waals surface area contributed by atoms with E-state index >= 15 is 0 Å². The Morgan fingerprint density at radius 2 is 1.91 bits per heavy atom. The molecule has 2 N–H and O–H groups in total. The van der Waals surface area contributed by atoms with Crippen molar-refractivity contribution in [2.75, 3.05) is 6.26 Å². The Hall–Kier alpha value is -3.19. The van der Waals surface area contributed by atoms with E-state index in [1.54, 1.807) is 18.3 Å². The van der Waals surface area contributed by atoms with E-state index < -0.39 is 38.4 Å². The molecule has 33 heavy (non-hydrogen) atoms. The number of hydrogen-bond donors (Lipinski definition) is 2. The summed E-state index contributed by atoms with van der Waals surface area (Å²) in [7, 11) is -3.87. The summed E-state index contributed by atoms with van der Waals surface area (Å²) < 4.78 is 78.7. The highest BCUT2D eigenvalue weighted by atomic mass is 32.2. The maximum atomic E-state index is 14.4. The number of nitrogens with one attached hydrogen (secondary N) is 1. The molecule has 0 aliphatic carbocycles. The van der Waals surface area contributed by atoms with Crippen LogP contribution in [0.5, 0.6) is 5.75 Å². The number of alkyl halides is 3. The minimum atomic E-state index is -4.94. The molecule has 0 saturated heterocycles. The molecule has 0 saturated carbocycles. The van der Waals surface area contributed by atoms with Gasteiger partial charge >= 0.3 is 6.36 Å². The molecule has 1 heterocycles. The third kappa shape index (κ3) is 5.25. The molecule has 3 aromatic rings. The van der Waals surface area contributed by atoms with Crippen LogP contribution in [0.4, 0.5) is 17.6 Å². The van der Waals surface area contributed by atoms with Crippen LogP contribution in [0.2, 0.25) is 0 Å². The molecule has 0 radical (unpaired) electrons. The van der Waals surface area contributed by atoms with Gasteiger partial charge in [-0.2, -0.15) is 5.10 Å². The van der Waals surface area contributed by atoms with E-state index in [0.29, 0.717) is 22.5 Å². The zero-order valence-corrected chi connectivity index (χ0v) is 18.2. The minimum Gasteiger partial charge on any atom is -0.406 e. The molecule has 3 rings (SSSR count). The molecule has 178 valence electrons. The Morgan fingerprint density at radius 1 is 1.21 bits per heavy atom. The zero-order valence-electron chi connectivity index (χ0n) is 17.4. The maximum Gasteiger partial charge on any atom is 0.573 e. The summed E-state index contributed by atoms with van der Waals surface area (Å²) in [5.41, 5.74) is 2.28. The topological polar surface area (TPSA) is 111 Å². The van der Waals surface area contributed by atoms with Gasteiger partial charge in [0.1, 0.15) is 11.6 Å². The van der Waals surface area contributed by atoms with E-state index in [1.165, 1.54) is 23.2 Å². The molecule has 0 spiro atoms. The predicted molar refractivity (Wildman–Crippen MR) is 110 cm³/mol. The number of hydrogen-bond acceptors (Lipinski definition) is 6. The molecule has 0 aliphatic heterocycles. The highest BCUT2D eigenvalue weighted by Gasteiger charge is 2.43. The van der Waals surface area contributed by atoms with E-state index in [4.69, 9.17) is 5.21 Å². The maximum absolute atomic E-state index is 14.4. The van der Waals surface area contributed by atoms with Crippen LogP contribution in [0.25, 0.3) is 22.0 Å². The monoisotopic (exact) mass is 489 g/mol. The van der Waals surface area contributed by atoms with Gasteiger partial charge in [0, 0.05) is 36.0 Å². The van der Waals surface area contributed by atoms with E-state index in [0.717, 1.165) is 18.4 Å². The molecule has 1 amide bonds. The lowest BCUT2D eigenvalue weighted by Gasteiger charge is -2.24. The van der Waals surface area contributed by atoms with Crippen LogP contribution in [0, 0.1) is 5.82 Å². The smallest absolute Gasteiger partial charge is 0.406 e. The van der Waals surface area contributed by atoms with Crippen LogP contribution < -0.4 is 10.2 Å². The highest BCUT2D eigenvalue weighted by molar-refractivity contribution is 7.92. The van der Waals surface area contributed by atoms with Crippen molar-refractivity contribution in [3.63, 3.8) is 0 Å². The number of rotatable bonds is 7. The molecule has 0 fully saturated rings. The van der Waals surface area contributed by atoms with Crippen LogP contribution in [0.3, 0.4) is 0 Å². The van der Waals surface area contributed by atoms with Crippen molar-refractivity contribution in [2.45, 2.75) is 31.0 Å². The van der Waals surface area contributed by atoms with Crippen molar-refractivity contribution in [2.24, 2.45) is 0 Å². The number of halogens is 4. The Kier molecular flexibility index (Phi) is 6.40. The first kappa shape index (κ1) is 24.5. The summed E-state index contributed by atoms with van der Waals surface area (Å²) in [6.07, 6.45) is -2.69. The third-order valence-electron chi connectivity index (χ3n) is 5.26. The SMILES string of the molecule is C[C@@](CCn1cc2cc(-c3ccc(OC(F)(F)F)cc3F)ccc2n1)(C(=O)NO)S(C)(=O)=O. The first-order valence-corrected chi connectivity index (χ1v) is 11.3. The lowest BCUT2D eigenvalue weighted by atomic mass is 10.0. The van der Waals surface area contributed by atoms with Gasteiger partial charge in [-0.15, -0.1) is 13.2 Å². The number of fused-ring (bicyclic) bond motifs is 1. The summed E-state index contributed by atoms with van der Waals surface area (Å²) in [5, 5.41) is 13.7. The summed E-state index contributed by atoms with van der Waals surface area (Å²) in [6, 6.07) is 7.45. The van der Waals surface area contributed by atoms with Crippen molar-refractivity contribution >= 4 is 26.6 Å². The molecule has 8 nitrogen and oxygen atoms in total. The first-order valence-electron chi connectivity index (χ1n) is 9.40. The van der Waals surface area contributed by atoms with Gasteiger partial charge in [-0.25, -0.2) is 18.3 Å². The highest BCUT2D eigenvalue weighted by Crippen LogP contribution is 2.31. The molecule has 2 aromatic carbocycles. The van der Waals surface area contributed by atoms with Gasteiger partial charge in [0.05, 0.1) is 5.52 Å². The molecular weight excluding hydrogens is 470 g/mol. The number of ether oxygens (including phenoxy) is 1. The number of nitrogens with zero attached hydrogens (tertiary/aromatic N) is 2. The Bertz CT molecular complexity index is 1310. The fourth-order valence-corrected chi connectivity index (χ4v) is 4.04. The van der Waals surface area contributed by atoms with Crippen LogP contribution in [0.15, 0.2) is 42.6 Å². The molecule has 0 unspecified atom stereocenters. The molecule has 0 aliphatic rings. The lowest BCUT2D eigenvalue weighted by Crippen LogP contribution is -2.49. The quantitative estimate of drug-likeness (QED) is 0.299. The molecule has 1 atom stereocenters. The van der Waals surface area contributed by atoms with Crippen LogP contribution in [0.1, 0.15) is 13.3 Å². The summed E-state index contributed by atoms with van der Waals surface area (Å²) in [6.45, 7) is 1.20. The van der Waals surface area contributed by atoms with E-state index in [9.17, 15) is 30.8 Å². The van der Waals surface area contributed by atoms with Crippen LogP contribution in [-0.2, 0) is 21.2 Å². The number of aryl methyl sites for hydroxylation is 1. The van der Waals surface area contributed by atoms with Gasteiger partial charge in [0.25, 0.3) is 5.91 Å². The van der Waals surface area contributed by atoms with Crippen molar-refractivity contribution in [3.05, 3.63) is 48.4 Å². The van der Waals surface area contributed by atoms with Gasteiger partial charge in [-0.05, 0) is 43.2 Å². The molecule has 0 bridgehead atoms. The van der Waals surface area contributed by atoms with Crippen molar-refractivity contribution in [3.8, 4) is 16.9 Å². The number of carbonyl (C=O) groups is 1. The van der Waals surface area contributed by atoms with Gasteiger partial charge in [-0.1, -0.05) is 6.07 Å². The molecular formula is C20H19F4N3O5S. The average molecular weight is 489 g/mol. The van der Waals surface area contributed by atoms with Gasteiger partial charge in [-0.3, -0.25) is 14.7 Å². The number of amides is 1. The predicted octanol–water partition coefficient (Wildman–Crippen LogP) is 3.44. The average Bonchev–Trinajstić information content (AvgIpc) is 3.11. The Labute approximate surface area is 185 Å². The second-order valence-electron chi connectivity index (χ2n) is 7.55. The van der Waals surface area contributed by atoms with Crippen LogP contribution in [-0.4, -0.2) is 46.7 Å². The van der Waals surface area contributed by atoms with Crippen molar-refractivity contribution < 1.29 is 40.7 Å². The number of sulfone groups is 1. The summed E-state index contributed by atoms with van der Waals surface area (Å²) in [5.74, 6) is -2.67. The van der Waals surface area contributed by atoms with E-state index in [1.807, 2.05) is 0 Å². The Morgan fingerprint density at radius 3 is 2.48 bits per heavy atom. The van der Waals surface area contributed by atoms with Gasteiger partial charge < -0.3 is 4.74 Å². The number of carbonyl (C=O) groups excluding carboxylic acids is 1. The fraction of sp³-hybridized carbons (Fsp3) is 0.300. The van der Waals surface area contributed by atoms with E-state index in [-0.39, 0.29) is 18.5 Å². The second-order valence-corrected chi connectivity index (χ2v) is 9.99. The summed E-state index contributed by atoms with van der Waals surface area (Å²) in [4.78, 5) is 11.9. The molecule has 1 aromatic heterocycles. The number of hydroxylamine groups is 1. The summed E-state index contributed by atoms with van der Waals surface area (Å²) >= 11 is 0.